The number of carbonyl (C=O) groups excluding carboxylic acids is 4. The first kappa shape index (κ1) is 39.0. The Balaban J connectivity index is 1.44. The minimum Gasteiger partial charge on any atom is -0.495 e. The highest BCUT2D eigenvalue weighted by Crippen LogP contribution is 2.49. The van der Waals surface area contributed by atoms with Crippen LogP contribution in [0, 0.1) is 5.92 Å². The maximum Gasteiger partial charge on any atom is 0.409 e. The molecule has 0 aromatic heterocycles. The molecule has 0 spiro atoms. The molecule has 3 heterocycles. The second kappa shape index (κ2) is 15.8. The quantitative estimate of drug-likeness (QED) is 0.195. The summed E-state index contributed by atoms with van der Waals surface area (Å²) < 4.78 is 23.3. The number of hydrogen-bond donors (Lipinski definition) is 3. The van der Waals surface area contributed by atoms with E-state index in [9.17, 15) is 29.4 Å². The van der Waals surface area contributed by atoms with Gasteiger partial charge in [0.1, 0.15) is 34.7 Å². The number of aryl methyl sites for hydroxylation is 1. The second-order valence-electron chi connectivity index (χ2n) is 14.2. The maximum atomic E-state index is 14.0. The van der Waals surface area contributed by atoms with E-state index in [1.165, 1.54) is 25.0 Å². The van der Waals surface area contributed by atoms with E-state index in [4.69, 9.17) is 30.5 Å². The van der Waals surface area contributed by atoms with Crippen LogP contribution in [0.5, 0.6) is 5.75 Å². The monoisotopic (exact) mass is 738 g/mol. The van der Waals surface area contributed by atoms with E-state index >= 15 is 0 Å². The van der Waals surface area contributed by atoms with Crippen molar-refractivity contribution >= 4 is 41.0 Å². The number of aliphatic hydroxyl groups excluding tert-OH is 1. The van der Waals surface area contributed by atoms with Gasteiger partial charge in [0.05, 0.1) is 25.3 Å². The molecule has 3 aliphatic rings. The van der Waals surface area contributed by atoms with E-state index in [0.717, 1.165) is 16.7 Å². The van der Waals surface area contributed by atoms with Crippen molar-refractivity contribution < 1.29 is 48.3 Å². The van der Waals surface area contributed by atoms with Gasteiger partial charge in [-0.2, -0.15) is 0 Å². The van der Waals surface area contributed by atoms with Crippen LogP contribution < -0.4 is 15.0 Å². The number of benzene rings is 2. The third-order valence-electron chi connectivity index (χ3n) is 10.2. The third kappa shape index (κ3) is 8.69. The zero-order chi connectivity index (χ0) is 38.0. The molecular weight excluding hydrogens is 692 g/mol. The van der Waals surface area contributed by atoms with Crippen molar-refractivity contribution in [2.75, 3.05) is 19.1 Å². The predicted molar refractivity (Wildman–Crippen MR) is 193 cm³/mol. The molecule has 7 atom stereocenters. The summed E-state index contributed by atoms with van der Waals surface area (Å²) in [7, 11) is 3.07. The number of methoxy groups -OCH3 is 1. The molecule has 0 aliphatic carbocycles. The second-order valence-corrected chi connectivity index (χ2v) is 14.5. The Bertz CT molecular complexity index is 1760. The number of halogens is 1. The standard InChI is InChI=1S/C39H47ClN2O10/c1-22-9-7-11-31(44)39(48)21-30(50-37(47)41-39)23(2)36-38(4,52-36)32(51-34(46)12-8-10-25-13-15-27(16-14-25)24(3)43)20-33(45)42(5)28-18-26(17-22)19-29(49-6)35(28)40/h7,9,11,13-16,18-19,23,30-32,36,44,48H,8,10,12,17,20-21H2,1-6H3,(H,41,47)/b11-7+,22-9+/t23-,30+,31-,32+,36+,38+,39+/m1/s1. The number of fused-ring (bicyclic) bond motifs is 5. The van der Waals surface area contributed by atoms with Crippen LogP contribution in [0.15, 0.2) is 60.2 Å². The highest BCUT2D eigenvalue weighted by atomic mass is 35.5. The van der Waals surface area contributed by atoms with Crippen molar-refractivity contribution in [3.05, 3.63) is 81.9 Å². The van der Waals surface area contributed by atoms with Gasteiger partial charge in [0.2, 0.25) is 5.91 Å². The first-order chi connectivity index (χ1) is 24.5. The number of amides is 2. The fraction of sp³-hybridized carbons (Fsp3) is 0.487. The number of esters is 1. The number of Topliss-reactive ketones (excluding diaryl/α,β-unsaturated/α-hetero) is 1. The van der Waals surface area contributed by atoms with E-state index in [2.05, 4.69) is 5.32 Å². The SMILES string of the molecule is COc1cc2cc(c1Cl)N(C)C(=O)C[C@H](OC(=O)CCCc1ccc(C(C)=O)cc1)[C@]1(C)O[C@H]1[C@H](C)[C@@H]1C[C@@](O)(NC(=O)O1)[C@H](O)/C=C/C=C(\C)C2. The van der Waals surface area contributed by atoms with Crippen LogP contribution >= 0.6 is 11.6 Å². The van der Waals surface area contributed by atoms with Gasteiger partial charge in [-0.25, -0.2) is 4.79 Å². The molecule has 280 valence electrons. The number of nitrogens with zero attached hydrogens (tertiary/aromatic N) is 1. The van der Waals surface area contributed by atoms with Gasteiger partial charge >= 0.3 is 12.1 Å². The fourth-order valence-electron chi connectivity index (χ4n) is 6.90. The first-order valence-electron chi connectivity index (χ1n) is 17.4. The minimum atomic E-state index is -2.03. The van der Waals surface area contributed by atoms with E-state index in [0.29, 0.717) is 36.3 Å². The molecule has 2 fully saturated rings. The van der Waals surface area contributed by atoms with Crippen LogP contribution in [-0.4, -0.2) is 83.9 Å². The number of allylic oxidation sites excluding steroid dienone is 3. The number of rotatable bonds is 7. The summed E-state index contributed by atoms with van der Waals surface area (Å²) in [6.07, 6.45) is 0.933. The van der Waals surface area contributed by atoms with Crippen LogP contribution in [0.4, 0.5) is 10.5 Å². The van der Waals surface area contributed by atoms with Crippen molar-refractivity contribution in [1.82, 2.24) is 5.32 Å². The van der Waals surface area contributed by atoms with Gasteiger partial charge in [-0.05, 0) is 63.3 Å². The van der Waals surface area contributed by atoms with Gasteiger partial charge in [-0.1, -0.05) is 66.6 Å². The summed E-state index contributed by atoms with van der Waals surface area (Å²) in [4.78, 5) is 53.1. The summed E-state index contributed by atoms with van der Waals surface area (Å²) in [5.41, 5.74) is 0.455. The number of ether oxygens (including phenoxy) is 4. The normalized spacial score (nSPS) is 30.9. The molecule has 0 unspecified atom stereocenters. The van der Waals surface area contributed by atoms with Crippen molar-refractivity contribution in [2.45, 2.75) is 102 Å². The molecule has 13 heteroatoms. The number of hydrogen-bond acceptors (Lipinski definition) is 10. The molecule has 5 rings (SSSR count). The zero-order valence-corrected chi connectivity index (χ0v) is 31.1. The summed E-state index contributed by atoms with van der Waals surface area (Å²) in [6, 6.07) is 10.8. The summed E-state index contributed by atoms with van der Waals surface area (Å²) in [5.74, 6) is -1.12. The smallest absolute Gasteiger partial charge is 0.409 e. The lowest BCUT2D eigenvalue weighted by molar-refractivity contribution is -0.154. The van der Waals surface area contributed by atoms with Crippen molar-refractivity contribution in [3.63, 3.8) is 0 Å². The number of anilines is 1. The average Bonchev–Trinajstić information content (AvgIpc) is 3.79. The molecule has 2 aromatic rings. The van der Waals surface area contributed by atoms with E-state index in [1.807, 2.05) is 19.1 Å². The zero-order valence-electron chi connectivity index (χ0n) is 30.3. The van der Waals surface area contributed by atoms with Gasteiger partial charge in [0.25, 0.3) is 0 Å². The number of carbonyl (C=O) groups is 4. The lowest BCUT2D eigenvalue weighted by Crippen LogP contribution is -2.63. The molecule has 12 nitrogen and oxygen atoms in total. The molecule has 3 aliphatic heterocycles. The molecule has 0 radical (unpaired) electrons. The predicted octanol–water partition coefficient (Wildman–Crippen LogP) is 5.24. The Morgan fingerprint density at radius 2 is 1.88 bits per heavy atom. The molecule has 2 amide bonds. The van der Waals surface area contributed by atoms with Crippen LogP contribution in [0.2, 0.25) is 5.02 Å². The number of epoxide rings is 1. The van der Waals surface area contributed by atoms with Crippen LogP contribution in [0.25, 0.3) is 0 Å². The van der Waals surface area contributed by atoms with Crippen LogP contribution in [-0.2, 0) is 36.6 Å². The minimum absolute atomic E-state index is 0.0282. The fourth-order valence-corrected chi connectivity index (χ4v) is 7.22. The van der Waals surface area contributed by atoms with Crippen LogP contribution in [0.3, 0.4) is 0 Å². The molecule has 0 saturated carbocycles. The van der Waals surface area contributed by atoms with Gasteiger partial charge in [0.15, 0.2) is 11.5 Å². The average molecular weight is 739 g/mol. The molecule has 2 aromatic carbocycles. The van der Waals surface area contributed by atoms with Gasteiger partial charge < -0.3 is 34.1 Å². The van der Waals surface area contributed by atoms with E-state index in [1.54, 1.807) is 57.3 Å². The number of ketones is 1. The number of alkyl carbamates (subject to hydrolysis) is 1. The highest BCUT2D eigenvalue weighted by molar-refractivity contribution is 6.35. The van der Waals surface area contributed by atoms with Gasteiger partial charge in [0, 0.05) is 31.4 Å². The van der Waals surface area contributed by atoms with Crippen LogP contribution in [0.1, 0.15) is 74.9 Å². The largest absolute Gasteiger partial charge is 0.495 e. The third-order valence-corrected chi connectivity index (χ3v) is 10.6. The maximum absolute atomic E-state index is 14.0. The number of aliphatic hydroxyl groups is 2. The first-order valence-corrected chi connectivity index (χ1v) is 17.8. The topological polar surface area (TPSA) is 164 Å². The number of nitrogens with one attached hydrogen (secondary N) is 1. The Morgan fingerprint density at radius 3 is 2.56 bits per heavy atom. The molecule has 3 N–H and O–H groups in total. The van der Waals surface area contributed by atoms with Gasteiger partial charge in [-0.15, -0.1) is 0 Å². The molecule has 4 bridgehead atoms. The Hall–Kier alpha value is -4.23. The molecular formula is C39H47ClN2O10. The molecule has 52 heavy (non-hydrogen) atoms. The molecule has 2 saturated heterocycles. The Morgan fingerprint density at radius 1 is 1.17 bits per heavy atom. The lowest BCUT2D eigenvalue weighted by atomic mass is 9.83. The van der Waals surface area contributed by atoms with E-state index < -0.39 is 59.6 Å². The Labute approximate surface area is 308 Å². The van der Waals surface area contributed by atoms with Gasteiger partial charge in [-0.3, -0.25) is 19.7 Å². The van der Waals surface area contributed by atoms with E-state index in [-0.39, 0.29) is 30.1 Å². The van der Waals surface area contributed by atoms with Crippen molar-refractivity contribution in [1.29, 1.82) is 0 Å². The Kier molecular flexibility index (Phi) is 11.8. The summed E-state index contributed by atoms with van der Waals surface area (Å²) >= 11 is 6.73. The lowest BCUT2D eigenvalue weighted by Gasteiger charge is -2.41. The van der Waals surface area contributed by atoms with Crippen molar-refractivity contribution in [3.8, 4) is 5.75 Å². The summed E-state index contributed by atoms with van der Waals surface area (Å²) in [5, 5.41) is 25.0. The highest BCUT2D eigenvalue weighted by Gasteiger charge is 2.64. The van der Waals surface area contributed by atoms with Crippen molar-refractivity contribution in [2.24, 2.45) is 5.92 Å². The summed E-state index contributed by atoms with van der Waals surface area (Å²) in [6.45, 7) is 6.89.